The molecular weight excluding hydrogens is 754 g/mol. The number of carboxylic acids is 3. The number of ketones is 1. The van der Waals surface area contributed by atoms with Gasteiger partial charge in [-0.05, 0) is 44.4 Å². The molecule has 320 valence electrons. The van der Waals surface area contributed by atoms with Gasteiger partial charge in [-0.2, -0.15) is 0 Å². The fraction of sp³-hybridized carbons (Fsp3) is 0.694. The Morgan fingerprint density at radius 2 is 1.21 bits per heavy atom. The number of nitrogens with zero attached hydrogens (tertiary/aromatic N) is 1. The number of carbonyl (C=O) groups excluding carboxylic acids is 8. The number of likely N-dealkylation sites (tertiary alicyclic amines) is 1. The van der Waals surface area contributed by atoms with E-state index < -0.39 is 133 Å². The number of carbonyl (C=O) groups is 11. The van der Waals surface area contributed by atoms with Gasteiger partial charge in [-0.1, -0.05) is 47.0 Å². The van der Waals surface area contributed by atoms with E-state index in [2.05, 4.69) is 26.6 Å². The standard InChI is InChI=1S/C36H57N7O14/c1-6-8-11-24(36(57)43-17-9-12-25(43)33(54)39-21(10-7-2)30(51)35(56)37-18-28(49)50)41-34(55)29(19(3)4)42-32(53)23(14-16-27(47)48)40-31(52)22(38-20(5)44)13-15-26(45)46/h19,21-25,29H,6-18H2,1-5H3,(H,37,56)(H,38,44)(H,39,54)(H,40,52)(H,41,55)(H,42,53)(H,45,46)(H,47,48)(H,49,50)/t21-,22-,23-,24-,25-,29-/m0/s1. The molecule has 21 heteroatoms. The molecule has 9 N–H and O–H groups in total. The average Bonchev–Trinajstić information content (AvgIpc) is 3.63. The topological polar surface area (TPSA) is 324 Å². The first-order chi connectivity index (χ1) is 26.7. The van der Waals surface area contributed by atoms with Crippen LogP contribution in [-0.4, -0.2) is 135 Å². The zero-order valence-electron chi connectivity index (χ0n) is 33.0. The van der Waals surface area contributed by atoms with E-state index in [9.17, 15) is 57.8 Å². The maximum atomic E-state index is 14.0. The summed E-state index contributed by atoms with van der Waals surface area (Å²) in [6.07, 6.45) is 0.429. The minimum Gasteiger partial charge on any atom is -0.481 e. The molecule has 0 spiro atoms. The summed E-state index contributed by atoms with van der Waals surface area (Å²) in [6, 6.07) is -7.74. The molecule has 7 amide bonds. The first-order valence-electron chi connectivity index (χ1n) is 19.0. The van der Waals surface area contributed by atoms with Crippen molar-refractivity contribution in [3.8, 4) is 0 Å². The van der Waals surface area contributed by atoms with E-state index in [1.807, 2.05) is 12.2 Å². The fourth-order valence-corrected chi connectivity index (χ4v) is 6.04. The van der Waals surface area contributed by atoms with Crippen LogP contribution in [0.2, 0.25) is 0 Å². The van der Waals surface area contributed by atoms with Crippen molar-refractivity contribution in [1.82, 2.24) is 36.8 Å². The number of rotatable bonds is 26. The zero-order chi connectivity index (χ0) is 43.4. The number of hydrogen-bond donors (Lipinski definition) is 9. The maximum Gasteiger partial charge on any atom is 0.322 e. The van der Waals surface area contributed by atoms with Crippen LogP contribution >= 0.6 is 0 Å². The van der Waals surface area contributed by atoms with Gasteiger partial charge in [0.1, 0.15) is 36.8 Å². The van der Waals surface area contributed by atoms with Crippen molar-refractivity contribution in [1.29, 1.82) is 0 Å². The van der Waals surface area contributed by atoms with Crippen molar-refractivity contribution in [2.75, 3.05) is 13.1 Å². The van der Waals surface area contributed by atoms with Gasteiger partial charge in [0, 0.05) is 26.3 Å². The van der Waals surface area contributed by atoms with Crippen LogP contribution < -0.4 is 31.9 Å². The second-order valence-corrected chi connectivity index (χ2v) is 14.1. The van der Waals surface area contributed by atoms with Crippen LogP contribution in [0, 0.1) is 5.92 Å². The summed E-state index contributed by atoms with van der Waals surface area (Å²) in [6.45, 7) is 7.17. The lowest BCUT2D eigenvalue weighted by atomic mass is 10.00. The Labute approximate surface area is 330 Å². The molecule has 0 aliphatic carbocycles. The number of aliphatic carboxylic acids is 3. The predicted molar refractivity (Wildman–Crippen MR) is 199 cm³/mol. The quantitative estimate of drug-likeness (QED) is 0.0453. The van der Waals surface area contributed by atoms with E-state index in [1.54, 1.807) is 20.8 Å². The van der Waals surface area contributed by atoms with Crippen molar-refractivity contribution in [2.45, 2.75) is 141 Å². The lowest BCUT2D eigenvalue weighted by molar-refractivity contribution is -0.144. The first kappa shape index (κ1) is 49.4. The van der Waals surface area contributed by atoms with Crippen LogP contribution in [0.25, 0.3) is 0 Å². The molecule has 1 aliphatic rings. The Morgan fingerprint density at radius 1 is 0.649 bits per heavy atom. The largest absolute Gasteiger partial charge is 0.481 e. The van der Waals surface area contributed by atoms with Gasteiger partial charge in [0.25, 0.3) is 5.91 Å². The molecule has 0 bridgehead atoms. The molecule has 6 atom stereocenters. The molecule has 1 rings (SSSR count). The average molecular weight is 812 g/mol. The minimum atomic E-state index is -1.53. The fourth-order valence-electron chi connectivity index (χ4n) is 6.04. The van der Waals surface area contributed by atoms with E-state index in [-0.39, 0.29) is 32.2 Å². The second-order valence-electron chi connectivity index (χ2n) is 14.1. The van der Waals surface area contributed by atoms with Crippen molar-refractivity contribution < 1.29 is 68.1 Å². The summed E-state index contributed by atoms with van der Waals surface area (Å²) in [7, 11) is 0. The number of carboxylic acid groups (broad SMARTS) is 3. The molecule has 0 unspecified atom stereocenters. The molecule has 57 heavy (non-hydrogen) atoms. The van der Waals surface area contributed by atoms with Crippen LogP contribution in [-0.2, 0) is 52.7 Å². The summed E-state index contributed by atoms with van der Waals surface area (Å²) in [4.78, 5) is 139. The SMILES string of the molecule is CCCC[C@H](NC(=O)[C@@H](NC(=O)[C@H](CCC(=O)O)NC(=O)[C@H](CCC(=O)O)NC(C)=O)C(C)C)C(=O)N1CCC[C@H]1C(=O)N[C@@H](CCC)C(=O)C(=O)NCC(=O)O. The van der Waals surface area contributed by atoms with Gasteiger partial charge in [0.05, 0.1) is 6.04 Å². The summed E-state index contributed by atoms with van der Waals surface area (Å²) < 4.78 is 0. The Hall–Kier alpha value is -5.63. The molecule has 1 aliphatic heterocycles. The number of Topliss-reactive ketones (excluding diaryl/α,β-unsaturated/α-hetero) is 1. The summed E-state index contributed by atoms with van der Waals surface area (Å²) >= 11 is 0. The first-order valence-corrected chi connectivity index (χ1v) is 19.0. The van der Waals surface area contributed by atoms with Crippen LogP contribution in [0.3, 0.4) is 0 Å². The highest BCUT2D eigenvalue weighted by Crippen LogP contribution is 2.21. The molecule has 21 nitrogen and oxygen atoms in total. The van der Waals surface area contributed by atoms with E-state index in [1.165, 1.54) is 4.90 Å². The van der Waals surface area contributed by atoms with Gasteiger partial charge >= 0.3 is 17.9 Å². The van der Waals surface area contributed by atoms with E-state index in [0.29, 0.717) is 25.7 Å². The number of hydrogen-bond acceptors (Lipinski definition) is 11. The van der Waals surface area contributed by atoms with Crippen molar-refractivity contribution in [3.63, 3.8) is 0 Å². The van der Waals surface area contributed by atoms with E-state index in [4.69, 9.17) is 10.2 Å². The molecule has 1 saturated heterocycles. The molecule has 0 aromatic heterocycles. The van der Waals surface area contributed by atoms with Gasteiger partial charge in [-0.25, -0.2) is 0 Å². The number of unbranched alkanes of at least 4 members (excludes halogenated alkanes) is 1. The highest BCUT2D eigenvalue weighted by Gasteiger charge is 2.40. The lowest BCUT2D eigenvalue weighted by Crippen LogP contribution is -2.60. The monoisotopic (exact) mass is 811 g/mol. The molecule has 0 radical (unpaired) electrons. The highest BCUT2D eigenvalue weighted by atomic mass is 16.4. The Kier molecular flexibility index (Phi) is 21.5. The highest BCUT2D eigenvalue weighted by molar-refractivity contribution is 6.38. The third kappa shape index (κ3) is 17.4. The third-order valence-electron chi connectivity index (χ3n) is 9.00. The molecule has 0 saturated carbocycles. The zero-order valence-corrected chi connectivity index (χ0v) is 33.0. The van der Waals surface area contributed by atoms with Gasteiger partial charge in [-0.3, -0.25) is 52.7 Å². The van der Waals surface area contributed by atoms with Crippen LogP contribution in [0.5, 0.6) is 0 Å². The van der Waals surface area contributed by atoms with Gasteiger partial charge in [0.15, 0.2) is 0 Å². The molecule has 1 heterocycles. The molecular formula is C36H57N7O14. The van der Waals surface area contributed by atoms with E-state index in [0.717, 1.165) is 6.92 Å². The van der Waals surface area contributed by atoms with Crippen molar-refractivity contribution in [2.24, 2.45) is 5.92 Å². The number of nitrogens with one attached hydrogen (secondary N) is 6. The second kappa shape index (κ2) is 24.8. The minimum absolute atomic E-state index is 0.0602. The van der Waals surface area contributed by atoms with Crippen LogP contribution in [0.15, 0.2) is 0 Å². The molecule has 0 aromatic carbocycles. The summed E-state index contributed by atoms with van der Waals surface area (Å²) in [5.41, 5.74) is 0. The third-order valence-corrected chi connectivity index (χ3v) is 9.00. The Morgan fingerprint density at radius 3 is 1.72 bits per heavy atom. The normalized spacial score (nSPS) is 16.2. The van der Waals surface area contributed by atoms with Gasteiger partial charge in [0.2, 0.25) is 41.2 Å². The van der Waals surface area contributed by atoms with E-state index >= 15 is 0 Å². The smallest absolute Gasteiger partial charge is 0.322 e. The maximum absolute atomic E-state index is 14.0. The summed E-state index contributed by atoms with van der Waals surface area (Å²) in [5.74, 6) is -11.5. The lowest BCUT2D eigenvalue weighted by Gasteiger charge is -2.31. The van der Waals surface area contributed by atoms with Crippen LogP contribution in [0.1, 0.15) is 105 Å². The predicted octanol–water partition coefficient (Wildman–Crippen LogP) is -1.43. The van der Waals surface area contributed by atoms with Gasteiger partial charge < -0.3 is 52.1 Å². The summed E-state index contributed by atoms with van der Waals surface area (Å²) in [5, 5.41) is 41.5. The molecule has 0 aromatic rings. The van der Waals surface area contributed by atoms with Crippen LogP contribution in [0.4, 0.5) is 0 Å². The molecule has 1 fully saturated rings. The van der Waals surface area contributed by atoms with Crippen molar-refractivity contribution in [3.05, 3.63) is 0 Å². The Bertz CT molecular complexity index is 1500. The number of amides is 7. The van der Waals surface area contributed by atoms with Gasteiger partial charge in [-0.15, -0.1) is 0 Å². The Balaban J connectivity index is 3.26. The van der Waals surface area contributed by atoms with Crippen molar-refractivity contribution >= 4 is 65.0 Å².